The average molecular weight is 252 g/mol. The molecular formula is C11H12N2O3S. The number of benzene rings is 1. The average Bonchev–Trinajstić information content (AvgIpc) is 2.52. The third kappa shape index (κ3) is 2.75. The zero-order valence-electron chi connectivity index (χ0n) is 9.04. The SMILES string of the molecule is N#Cc1cccc(OC2CS(=O)(=O)CC2N)c1. The van der Waals surface area contributed by atoms with Crippen LogP contribution < -0.4 is 10.5 Å². The van der Waals surface area contributed by atoms with E-state index in [9.17, 15) is 8.42 Å². The lowest BCUT2D eigenvalue weighted by Crippen LogP contribution is -2.37. The van der Waals surface area contributed by atoms with Crippen LogP contribution in [0.25, 0.3) is 0 Å². The Bertz CT molecular complexity index is 562. The molecular weight excluding hydrogens is 240 g/mol. The Morgan fingerprint density at radius 1 is 1.41 bits per heavy atom. The van der Waals surface area contributed by atoms with Crippen molar-refractivity contribution in [3.8, 4) is 11.8 Å². The summed E-state index contributed by atoms with van der Waals surface area (Å²) >= 11 is 0. The van der Waals surface area contributed by atoms with Crippen LogP contribution in [-0.2, 0) is 9.84 Å². The highest BCUT2D eigenvalue weighted by Crippen LogP contribution is 2.20. The summed E-state index contributed by atoms with van der Waals surface area (Å²) in [7, 11) is -3.10. The first-order valence-corrected chi connectivity index (χ1v) is 6.95. The van der Waals surface area contributed by atoms with Crippen LogP contribution in [0.3, 0.4) is 0 Å². The summed E-state index contributed by atoms with van der Waals surface area (Å²) in [6, 6.07) is 8.06. The second-order valence-corrected chi connectivity index (χ2v) is 6.19. The maximum atomic E-state index is 11.4. The van der Waals surface area contributed by atoms with Gasteiger partial charge in [0, 0.05) is 0 Å². The molecule has 1 heterocycles. The smallest absolute Gasteiger partial charge is 0.155 e. The van der Waals surface area contributed by atoms with Crippen molar-refractivity contribution < 1.29 is 13.2 Å². The van der Waals surface area contributed by atoms with Crippen molar-refractivity contribution in [3.63, 3.8) is 0 Å². The van der Waals surface area contributed by atoms with Crippen LogP contribution in [0.15, 0.2) is 24.3 Å². The summed E-state index contributed by atoms with van der Waals surface area (Å²) in [5.41, 5.74) is 6.17. The number of rotatable bonds is 2. The second kappa shape index (κ2) is 4.35. The first-order chi connectivity index (χ1) is 8.00. The van der Waals surface area contributed by atoms with E-state index < -0.39 is 22.0 Å². The lowest BCUT2D eigenvalue weighted by atomic mass is 10.2. The van der Waals surface area contributed by atoms with Crippen LogP contribution in [0.1, 0.15) is 5.56 Å². The number of sulfone groups is 1. The summed E-state index contributed by atoms with van der Waals surface area (Å²) in [5.74, 6) is 0.363. The Morgan fingerprint density at radius 3 is 2.76 bits per heavy atom. The van der Waals surface area contributed by atoms with Crippen LogP contribution >= 0.6 is 0 Å². The molecule has 1 aliphatic rings. The van der Waals surface area contributed by atoms with E-state index in [1.807, 2.05) is 6.07 Å². The van der Waals surface area contributed by atoms with E-state index in [0.717, 1.165) is 0 Å². The minimum atomic E-state index is -3.10. The third-order valence-corrected chi connectivity index (χ3v) is 4.32. The molecule has 17 heavy (non-hydrogen) atoms. The molecule has 2 atom stereocenters. The van der Waals surface area contributed by atoms with E-state index >= 15 is 0 Å². The van der Waals surface area contributed by atoms with Crippen molar-refractivity contribution in [3.05, 3.63) is 29.8 Å². The summed E-state index contributed by atoms with van der Waals surface area (Å²) in [5, 5.41) is 8.73. The first kappa shape index (κ1) is 11.9. The molecule has 0 aromatic heterocycles. The maximum absolute atomic E-state index is 11.4. The van der Waals surface area contributed by atoms with Crippen LogP contribution in [0.4, 0.5) is 0 Å². The summed E-state index contributed by atoms with van der Waals surface area (Å²) < 4.78 is 28.2. The Kier molecular flexibility index (Phi) is 3.05. The van der Waals surface area contributed by atoms with Crippen molar-refractivity contribution >= 4 is 9.84 Å². The van der Waals surface area contributed by atoms with Crippen molar-refractivity contribution in [1.82, 2.24) is 0 Å². The number of hydrogen-bond donors (Lipinski definition) is 1. The molecule has 1 aliphatic heterocycles. The molecule has 0 saturated carbocycles. The van der Waals surface area contributed by atoms with Gasteiger partial charge in [-0.2, -0.15) is 5.26 Å². The number of nitrogens with two attached hydrogens (primary N) is 1. The van der Waals surface area contributed by atoms with Crippen molar-refractivity contribution in [2.75, 3.05) is 11.5 Å². The number of hydrogen-bond acceptors (Lipinski definition) is 5. The standard InChI is InChI=1S/C11H12N2O3S/c12-5-8-2-1-3-9(4-8)16-11-7-17(14,15)6-10(11)13/h1-4,10-11H,6-7,13H2. The second-order valence-electron chi connectivity index (χ2n) is 4.04. The number of nitrogens with zero attached hydrogens (tertiary/aromatic N) is 1. The molecule has 6 heteroatoms. The molecule has 0 radical (unpaired) electrons. The fraction of sp³-hybridized carbons (Fsp3) is 0.364. The van der Waals surface area contributed by atoms with E-state index in [1.54, 1.807) is 24.3 Å². The first-order valence-electron chi connectivity index (χ1n) is 5.13. The maximum Gasteiger partial charge on any atom is 0.155 e. The van der Waals surface area contributed by atoms with Gasteiger partial charge in [-0.25, -0.2) is 8.42 Å². The van der Waals surface area contributed by atoms with Crippen molar-refractivity contribution in [2.45, 2.75) is 12.1 Å². The van der Waals surface area contributed by atoms with Gasteiger partial charge in [-0.05, 0) is 18.2 Å². The summed E-state index contributed by atoms with van der Waals surface area (Å²) in [4.78, 5) is 0. The molecule has 2 rings (SSSR count). The van der Waals surface area contributed by atoms with Crippen LogP contribution in [0.5, 0.6) is 5.75 Å². The molecule has 90 valence electrons. The topological polar surface area (TPSA) is 93.2 Å². The molecule has 0 spiro atoms. The summed E-state index contributed by atoms with van der Waals surface area (Å²) in [6.07, 6.45) is -0.533. The number of nitriles is 1. The predicted octanol–water partition coefficient (Wildman–Crippen LogP) is 0.0614. The normalized spacial score (nSPS) is 26.4. The van der Waals surface area contributed by atoms with E-state index in [-0.39, 0.29) is 11.5 Å². The van der Waals surface area contributed by atoms with Crippen LogP contribution in [-0.4, -0.2) is 32.1 Å². The molecule has 2 N–H and O–H groups in total. The van der Waals surface area contributed by atoms with Gasteiger partial charge in [-0.1, -0.05) is 6.07 Å². The van der Waals surface area contributed by atoms with Gasteiger partial charge in [0.2, 0.25) is 0 Å². The Hall–Kier alpha value is -1.58. The molecule has 1 fully saturated rings. The molecule has 1 aromatic carbocycles. The molecule has 5 nitrogen and oxygen atoms in total. The Labute approximate surface area is 99.7 Å². The molecule has 1 saturated heterocycles. The molecule has 0 amide bonds. The zero-order chi connectivity index (χ0) is 12.5. The van der Waals surface area contributed by atoms with Gasteiger partial charge in [0.25, 0.3) is 0 Å². The van der Waals surface area contributed by atoms with E-state index in [1.165, 1.54) is 0 Å². The third-order valence-electron chi connectivity index (χ3n) is 2.59. The quantitative estimate of drug-likeness (QED) is 0.803. The van der Waals surface area contributed by atoms with Gasteiger partial charge in [-0.3, -0.25) is 0 Å². The Balaban J connectivity index is 2.14. The van der Waals surface area contributed by atoms with Crippen LogP contribution in [0.2, 0.25) is 0 Å². The summed E-state index contributed by atoms with van der Waals surface area (Å²) in [6.45, 7) is 0. The van der Waals surface area contributed by atoms with Gasteiger partial charge in [0.15, 0.2) is 9.84 Å². The van der Waals surface area contributed by atoms with E-state index in [4.69, 9.17) is 15.7 Å². The lowest BCUT2D eigenvalue weighted by molar-refractivity contribution is 0.209. The van der Waals surface area contributed by atoms with Gasteiger partial charge >= 0.3 is 0 Å². The van der Waals surface area contributed by atoms with Crippen molar-refractivity contribution in [2.24, 2.45) is 5.73 Å². The Morgan fingerprint density at radius 2 is 2.18 bits per heavy atom. The van der Waals surface area contributed by atoms with Crippen molar-refractivity contribution in [1.29, 1.82) is 5.26 Å². The zero-order valence-corrected chi connectivity index (χ0v) is 9.85. The minimum absolute atomic E-state index is 0.0460. The fourth-order valence-corrected chi connectivity index (χ4v) is 3.53. The largest absolute Gasteiger partial charge is 0.488 e. The highest BCUT2D eigenvalue weighted by atomic mass is 32.2. The lowest BCUT2D eigenvalue weighted by Gasteiger charge is -2.16. The van der Waals surface area contributed by atoms with Crippen LogP contribution in [0, 0.1) is 11.3 Å². The van der Waals surface area contributed by atoms with Gasteiger partial charge in [-0.15, -0.1) is 0 Å². The van der Waals surface area contributed by atoms with Gasteiger partial charge < -0.3 is 10.5 Å². The van der Waals surface area contributed by atoms with E-state index in [0.29, 0.717) is 11.3 Å². The number of ether oxygens (including phenoxy) is 1. The molecule has 2 unspecified atom stereocenters. The highest BCUT2D eigenvalue weighted by Gasteiger charge is 2.36. The highest BCUT2D eigenvalue weighted by molar-refractivity contribution is 7.91. The molecule has 0 aliphatic carbocycles. The molecule has 0 bridgehead atoms. The predicted molar refractivity (Wildman–Crippen MR) is 62.2 cm³/mol. The minimum Gasteiger partial charge on any atom is -0.488 e. The molecule has 1 aromatic rings. The van der Waals surface area contributed by atoms with E-state index in [2.05, 4.69) is 0 Å². The fourth-order valence-electron chi connectivity index (χ4n) is 1.78. The van der Waals surface area contributed by atoms with Gasteiger partial charge in [0.05, 0.1) is 29.2 Å². The van der Waals surface area contributed by atoms with Gasteiger partial charge in [0.1, 0.15) is 11.9 Å². The monoisotopic (exact) mass is 252 g/mol.